The number of benzene rings is 1. The van der Waals surface area contributed by atoms with Crippen molar-refractivity contribution in [3.05, 3.63) is 22.7 Å². The average Bonchev–Trinajstić information content (AvgIpc) is 3.46. The van der Waals surface area contributed by atoms with Crippen molar-refractivity contribution in [2.24, 2.45) is 5.92 Å². The third kappa shape index (κ3) is 4.59. The first-order valence-electron chi connectivity index (χ1n) is 9.15. The van der Waals surface area contributed by atoms with Gasteiger partial charge in [0.25, 0.3) is 5.91 Å². The number of carbonyl (C=O) groups excluding carboxylic acids is 1. The summed E-state index contributed by atoms with van der Waals surface area (Å²) < 4.78 is 10.9. The van der Waals surface area contributed by atoms with Crippen LogP contribution in [0, 0.1) is 5.92 Å². The number of ether oxygens (including phenoxy) is 2. The van der Waals surface area contributed by atoms with E-state index < -0.39 is 0 Å². The fourth-order valence-electron chi connectivity index (χ4n) is 3.25. The summed E-state index contributed by atoms with van der Waals surface area (Å²) in [5.41, 5.74) is 0.551. The number of nitrogens with one attached hydrogen (secondary N) is 1. The Labute approximate surface area is 154 Å². The van der Waals surface area contributed by atoms with Crippen LogP contribution in [0.4, 0.5) is 0 Å². The molecule has 1 saturated heterocycles. The minimum atomic E-state index is 0.00360. The molecule has 2 fully saturated rings. The normalized spacial score (nSPS) is 18.3. The van der Waals surface area contributed by atoms with E-state index in [2.05, 4.69) is 5.32 Å². The number of nitrogens with zero attached hydrogens (tertiary/aromatic N) is 1. The average molecular weight is 367 g/mol. The van der Waals surface area contributed by atoms with E-state index >= 15 is 0 Å². The van der Waals surface area contributed by atoms with Crippen molar-refractivity contribution < 1.29 is 14.3 Å². The quantitative estimate of drug-likeness (QED) is 0.804. The lowest BCUT2D eigenvalue weighted by Gasteiger charge is -2.32. The Bertz CT molecular complexity index is 611. The van der Waals surface area contributed by atoms with Gasteiger partial charge in [-0.3, -0.25) is 4.79 Å². The van der Waals surface area contributed by atoms with Crippen molar-refractivity contribution in [3.8, 4) is 11.5 Å². The molecule has 0 unspecified atom stereocenters. The second-order valence-electron chi connectivity index (χ2n) is 6.84. The lowest BCUT2D eigenvalue weighted by atomic mass is 10.0. The van der Waals surface area contributed by atoms with Crippen LogP contribution in [-0.4, -0.2) is 50.2 Å². The summed E-state index contributed by atoms with van der Waals surface area (Å²) in [7, 11) is 1.56. The Balaban J connectivity index is 1.61. The van der Waals surface area contributed by atoms with Gasteiger partial charge in [0.05, 0.1) is 18.7 Å². The third-order valence-corrected chi connectivity index (χ3v) is 5.22. The number of piperidine rings is 1. The van der Waals surface area contributed by atoms with Crippen LogP contribution in [0.25, 0.3) is 0 Å². The van der Waals surface area contributed by atoms with Gasteiger partial charge in [-0.25, -0.2) is 0 Å². The van der Waals surface area contributed by atoms with Crippen molar-refractivity contribution in [3.63, 3.8) is 0 Å². The molecular weight excluding hydrogens is 340 g/mol. The van der Waals surface area contributed by atoms with Gasteiger partial charge in [-0.1, -0.05) is 11.6 Å². The fraction of sp³-hybridized carbons (Fsp3) is 0.632. The monoisotopic (exact) mass is 366 g/mol. The smallest absolute Gasteiger partial charge is 0.254 e. The Kier molecular flexibility index (Phi) is 6.07. The van der Waals surface area contributed by atoms with E-state index in [9.17, 15) is 4.79 Å². The van der Waals surface area contributed by atoms with Crippen LogP contribution in [0.1, 0.15) is 43.0 Å². The predicted molar refractivity (Wildman–Crippen MR) is 98.8 cm³/mol. The molecule has 1 saturated carbocycles. The van der Waals surface area contributed by atoms with Gasteiger partial charge in [0, 0.05) is 24.7 Å². The summed E-state index contributed by atoms with van der Waals surface area (Å²) in [6.45, 7) is 5.05. The Morgan fingerprint density at radius 3 is 2.60 bits per heavy atom. The van der Waals surface area contributed by atoms with Crippen molar-refractivity contribution in [1.82, 2.24) is 10.2 Å². The molecule has 0 radical (unpaired) electrons. The molecule has 5 nitrogen and oxygen atoms in total. The van der Waals surface area contributed by atoms with Crippen LogP contribution in [0.5, 0.6) is 11.5 Å². The summed E-state index contributed by atoms with van der Waals surface area (Å²) in [6, 6.07) is 3.92. The molecule has 138 valence electrons. The van der Waals surface area contributed by atoms with E-state index in [1.54, 1.807) is 19.2 Å². The number of methoxy groups -OCH3 is 1. The first-order valence-corrected chi connectivity index (χ1v) is 9.53. The number of rotatable bonds is 7. The summed E-state index contributed by atoms with van der Waals surface area (Å²) in [6.07, 6.45) is 4.73. The lowest BCUT2D eigenvalue weighted by molar-refractivity contribution is 0.0704. The van der Waals surface area contributed by atoms with Gasteiger partial charge in [-0.2, -0.15) is 0 Å². The van der Waals surface area contributed by atoms with E-state index in [1.165, 1.54) is 12.8 Å². The molecule has 1 aromatic carbocycles. The van der Waals surface area contributed by atoms with Gasteiger partial charge in [0.15, 0.2) is 11.5 Å². The molecule has 1 heterocycles. The first-order chi connectivity index (χ1) is 12.1. The van der Waals surface area contributed by atoms with Crippen LogP contribution in [0.15, 0.2) is 12.1 Å². The molecule has 3 rings (SSSR count). The van der Waals surface area contributed by atoms with Gasteiger partial charge < -0.3 is 19.7 Å². The molecule has 0 bridgehead atoms. The summed E-state index contributed by atoms with van der Waals surface area (Å²) in [5.74, 6) is 1.88. The molecule has 0 spiro atoms. The number of carbonyl (C=O) groups is 1. The second kappa shape index (κ2) is 8.28. The van der Waals surface area contributed by atoms with E-state index in [-0.39, 0.29) is 5.91 Å². The van der Waals surface area contributed by atoms with Crippen LogP contribution in [0.2, 0.25) is 5.02 Å². The summed E-state index contributed by atoms with van der Waals surface area (Å²) in [4.78, 5) is 14.7. The van der Waals surface area contributed by atoms with Crippen molar-refractivity contribution in [2.75, 3.05) is 33.4 Å². The van der Waals surface area contributed by atoms with Gasteiger partial charge in [0.1, 0.15) is 0 Å². The Hall–Kier alpha value is -1.46. The first kappa shape index (κ1) is 18.3. The lowest BCUT2D eigenvalue weighted by Crippen LogP contribution is -2.45. The molecule has 1 aliphatic heterocycles. The van der Waals surface area contributed by atoms with Crippen molar-refractivity contribution in [1.29, 1.82) is 0 Å². The minimum Gasteiger partial charge on any atom is -0.493 e. The number of hydrogen-bond acceptors (Lipinski definition) is 4. The molecule has 2 aliphatic rings. The maximum atomic E-state index is 12.8. The Morgan fingerprint density at radius 1 is 1.28 bits per heavy atom. The fourth-order valence-corrected chi connectivity index (χ4v) is 3.52. The number of halogens is 1. The number of amides is 1. The highest BCUT2D eigenvalue weighted by atomic mass is 35.5. The minimum absolute atomic E-state index is 0.00360. The topological polar surface area (TPSA) is 50.8 Å². The number of likely N-dealkylation sites (tertiary alicyclic amines) is 1. The molecule has 25 heavy (non-hydrogen) atoms. The van der Waals surface area contributed by atoms with Crippen LogP contribution < -0.4 is 14.8 Å². The standard InChI is InChI=1S/C19H27ClN2O3/c1-3-25-18-16(20)10-14(11-17(18)24-2)19(23)22-8-6-15(7-9-22)21-12-13-4-5-13/h10-11,13,15,21H,3-9,12H2,1-2H3. The van der Waals surface area contributed by atoms with Crippen LogP contribution in [0.3, 0.4) is 0 Å². The molecule has 0 aromatic heterocycles. The van der Waals surface area contributed by atoms with Gasteiger partial charge in [-0.05, 0) is 57.2 Å². The number of hydrogen-bond donors (Lipinski definition) is 1. The zero-order valence-electron chi connectivity index (χ0n) is 15.0. The SMILES string of the molecule is CCOc1c(Cl)cc(C(=O)N2CCC(NCC3CC3)CC2)cc1OC. The maximum absolute atomic E-state index is 12.8. The highest BCUT2D eigenvalue weighted by Gasteiger charge is 2.27. The highest BCUT2D eigenvalue weighted by molar-refractivity contribution is 6.32. The van der Waals surface area contributed by atoms with Crippen molar-refractivity contribution in [2.45, 2.75) is 38.6 Å². The van der Waals surface area contributed by atoms with E-state index in [0.29, 0.717) is 34.7 Å². The molecule has 1 aromatic rings. The van der Waals surface area contributed by atoms with Gasteiger partial charge >= 0.3 is 0 Å². The van der Waals surface area contributed by atoms with E-state index in [4.69, 9.17) is 21.1 Å². The molecule has 0 atom stereocenters. The van der Waals surface area contributed by atoms with Gasteiger partial charge in [0.2, 0.25) is 0 Å². The van der Waals surface area contributed by atoms with E-state index in [1.807, 2.05) is 11.8 Å². The zero-order chi connectivity index (χ0) is 17.8. The molecule has 1 aliphatic carbocycles. The summed E-state index contributed by atoms with van der Waals surface area (Å²) in [5, 5.41) is 4.04. The summed E-state index contributed by atoms with van der Waals surface area (Å²) >= 11 is 6.29. The zero-order valence-corrected chi connectivity index (χ0v) is 15.8. The third-order valence-electron chi connectivity index (χ3n) is 4.94. The molecular formula is C19H27ClN2O3. The van der Waals surface area contributed by atoms with Gasteiger partial charge in [-0.15, -0.1) is 0 Å². The molecule has 1 amide bonds. The largest absolute Gasteiger partial charge is 0.493 e. The van der Waals surface area contributed by atoms with Crippen LogP contribution >= 0.6 is 11.6 Å². The maximum Gasteiger partial charge on any atom is 0.254 e. The second-order valence-corrected chi connectivity index (χ2v) is 7.25. The highest BCUT2D eigenvalue weighted by Crippen LogP contribution is 2.37. The molecule has 1 N–H and O–H groups in total. The van der Waals surface area contributed by atoms with E-state index in [0.717, 1.165) is 38.4 Å². The van der Waals surface area contributed by atoms with Crippen molar-refractivity contribution >= 4 is 17.5 Å². The predicted octanol–water partition coefficient (Wildman–Crippen LogP) is 3.35. The molecule has 6 heteroatoms. The van der Waals surface area contributed by atoms with Crippen LogP contribution in [-0.2, 0) is 0 Å². The Morgan fingerprint density at radius 2 is 2.00 bits per heavy atom.